The molecule has 0 radical (unpaired) electrons. The van der Waals surface area contributed by atoms with Crippen LogP contribution in [0.15, 0.2) is 41.1 Å². The Morgan fingerprint density at radius 1 is 1.10 bits per heavy atom. The molecule has 1 heterocycles. The zero-order valence-corrected chi connectivity index (χ0v) is 13.4. The van der Waals surface area contributed by atoms with Gasteiger partial charge in [0.1, 0.15) is 5.76 Å². The summed E-state index contributed by atoms with van der Waals surface area (Å²) in [4.78, 5) is 12.2. The van der Waals surface area contributed by atoms with Crippen molar-refractivity contribution < 1.29 is 9.53 Å². The van der Waals surface area contributed by atoms with E-state index in [4.69, 9.17) is 16.3 Å². The van der Waals surface area contributed by atoms with Gasteiger partial charge in [-0.3, -0.25) is 0 Å². The van der Waals surface area contributed by atoms with Gasteiger partial charge in [-0.1, -0.05) is 61.6 Å². The molecular weight excluding hydrogens is 288 g/mol. The predicted octanol–water partition coefficient (Wildman–Crippen LogP) is 4.80. The third-order valence-corrected chi connectivity index (χ3v) is 6.85. The van der Waals surface area contributed by atoms with E-state index in [1.807, 2.05) is 36.4 Å². The van der Waals surface area contributed by atoms with Crippen LogP contribution in [0.1, 0.15) is 15.9 Å². The number of carbonyl (C=O) groups is 1. The number of esters is 1. The van der Waals surface area contributed by atoms with Gasteiger partial charge in [0, 0.05) is 10.2 Å². The van der Waals surface area contributed by atoms with Crippen LogP contribution in [-0.2, 0) is 4.74 Å². The number of hydrogen-bond acceptors (Lipinski definition) is 2. The van der Waals surface area contributed by atoms with E-state index in [-0.39, 0.29) is 5.97 Å². The van der Waals surface area contributed by atoms with Gasteiger partial charge >= 0.3 is 5.97 Å². The quantitative estimate of drug-likeness (QED) is 0.559. The zero-order valence-electron chi connectivity index (χ0n) is 11.7. The summed E-state index contributed by atoms with van der Waals surface area (Å²) in [6, 6.07) is 11.8. The number of fused-ring (bicyclic) bond motifs is 3. The average Bonchev–Trinajstić information content (AvgIpc) is 2.74. The van der Waals surface area contributed by atoms with Crippen molar-refractivity contribution in [3.05, 3.63) is 52.2 Å². The predicted molar refractivity (Wildman–Crippen MR) is 85.5 cm³/mol. The van der Waals surface area contributed by atoms with Crippen LogP contribution in [0.5, 0.6) is 0 Å². The Morgan fingerprint density at radius 3 is 2.50 bits per heavy atom. The molecule has 0 aromatic heterocycles. The summed E-state index contributed by atoms with van der Waals surface area (Å²) >= 11 is 6.47. The van der Waals surface area contributed by atoms with E-state index in [1.54, 1.807) is 0 Å². The maximum Gasteiger partial charge on any atom is 0.344 e. The lowest BCUT2D eigenvalue weighted by molar-refractivity contribution is 0.0717. The van der Waals surface area contributed by atoms with Gasteiger partial charge in [-0.15, -0.1) is 0 Å². The van der Waals surface area contributed by atoms with Gasteiger partial charge in [-0.25, -0.2) is 4.79 Å². The van der Waals surface area contributed by atoms with Crippen LogP contribution >= 0.6 is 11.6 Å². The van der Waals surface area contributed by atoms with E-state index in [1.165, 1.54) is 0 Å². The molecule has 0 unspecified atom stereocenters. The normalized spacial score (nSPS) is 17.1. The highest BCUT2D eigenvalue weighted by atomic mass is 35.5. The van der Waals surface area contributed by atoms with Crippen molar-refractivity contribution in [1.82, 2.24) is 0 Å². The lowest BCUT2D eigenvalue weighted by Gasteiger charge is -2.16. The summed E-state index contributed by atoms with van der Waals surface area (Å²) in [5.74, 6) is 0.250. The molecule has 0 atom stereocenters. The molecule has 1 aliphatic heterocycles. The first kappa shape index (κ1) is 13.4. The maximum atomic E-state index is 12.2. The van der Waals surface area contributed by atoms with Crippen molar-refractivity contribution in [3.8, 4) is 0 Å². The molecule has 1 aliphatic rings. The van der Waals surface area contributed by atoms with Crippen LogP contribution in [0.2, 0.25) is 19.6 Å². The Kier molecular flexibility index (Phi) is 2.99. The molecule has 0 saturated heterocycles. The summed E-state index contributed by atoms with van der Waals surface area (Å²) in [6.07, 6.45) is 0. The Balaban J connectivity index is 2.33. The van der Waals surface area contributed by atoms with E-state index in [0.717, 1.165) is 16.3 Å². The fourth-order valence-corrected chi connectivity index (χ4v) is 3.39. The third-order valence-electron chi connectivity index (χ3n) is 3.43. The minimum Gasteiger partial charge on any atom is -0.421 e. The van der Waals surface area contributed by atoms with Crippen LogP contribution in [0.4, 0.5) is 0 Å². The number of rotatable bonds is 1. The molecule has 102 valence electrons. The molecule has 0 spiro atoms. The third kappa shape index (κ3) is 1.98. The van der Waals surface area contributed by atoms with Gasteiger partial charge in [0.15, 0.2) is 0 Å². The van der Waals surface area contributed by atoms with Crippen LogP contribution in [-0.4, -0.2) is 14.0 Å². The summed E-state index contributed by atoms with van der Waals surface area (Å²) in [6.45, 7) is 6.40. The Hall–Kier alpha value is -1.58. The lowest BCUT2D eigenvalue weighted by Crippen LogP contribution is -2.22. The molecular formula is C16H15ClO2Si. The number of benzene rings is 2. The molecule has 0 aliphatic carbocycles. The first-order valence-corrected chi connectivity index (χ1v) is 10.4. The molecule has 0 bridgehead atoms. The number of ether oxygens (including phenoxy) is 1. The monoisotopic (exact) mass is 302 g/mol. The van der Waals surface area contributed by atoms with Gasteiger partial charge in [0.25, 0.3) is 0 Å². The smallest absolute Gasteiger partial charge is 0.344 e. The van der Waals surface area contributed by atoms with E-state index < -0.39 is 8.07 Å². The standard InChI is InChI=1S/C16H15ClO2Si/c1-20(2,3)15(17)14-12-9-8-10-6-4-5-7-11(10)13(12)16(18)19-14/h4-9H,1-3H3/b15-14-. The van der Waals surface area contributed by atoms with Crippen LogP contribution in [0.25, 0.3) is 16.5 Å². The zero-order chi connectivity index (χ0) is 14.5. The second-order valence-electron chi connectivity index (χ2n) is 5.99. The largest absolute Gasteiger partial charge is 0.421 e. The van der Waals surface area contributed by atoms with Crippen LogP contribution in [0.3, 0.4) is 0 Å². The van der Waals surface area contributed by atoms with Crippen molar-refractivity contribution in [2.75, 3.05) is 0 Å². The molecule has 3 rings (SSSR count). The molecule has 0 N–H and O–H groups in total. The van der Waals surface area contributed by atoms with E-state index in [0.29, 0.717) is 16.0 Å². The van der Waals surface area contributed by atoms with Crippen molar-refractivity contribution in [2.45, 2.75) is 19.6 Å². The van der Waals surface area contributed by atoms with Gasteiger partial charge in [0.05, 0.1) is 13.6 Å². The first-order chi connectivity index (χ1) is 9.39. The SMILES string of the molecule is C[Si](C)(C)/C(Cl)=C1\OC(=O)c2c1ccc1ccccc21. The average molecular weight is 303 g/mol. The summed E-state index contributed by atoms with van der Waals surface area (Å²) in [5.41, 5.74) is 1.45. The van der Waals surface area contributed by atoms with E-state index in [2.05, 4.69) is 19.6 Å². The van der Waals surface area contributed by atoms with Gasteiger partial charge in [-0.05, 0) is 16.8 Å². The fraction of sp³-hybridized carbons (Fsp3) is 0.188. The Morgan fingerprint density at radius 2 is 1.80 bits per heavy atom. The molecule has 2 nitrogen and oxygen atoms in total. The maximum absolute atomic E-state index is 12.2. The minimum absolute atomic E-state index is 0.303. The number of carbonyl (C=O) groups excluding carboxylic acids is 1. The Bertz CT molecular complexity index is 757. The number of hydrogen-bond donors (Lipinski definition) is 0. The molecule has 20 heavy (non-hydrogen) atoms. The van der Waals surface area contributed by atoms with E-state index in [9.17, 15) is 4.79 Å². The number of halogens is 1. The molecule has 0 saturated carbocycles. The highest BCUT2D eigenvalue weighted by Gasteiger charge is 2.34. The van der Waals surface area contributed by atoms with Gasteiger partial charge in [-0.2, -0.15) is 0 Å². The van der Waals surface area contributed by atoms with Crippen molar-refractivity contribution >= 4 is 42.2 Å². The Labute approximate surface area is 124 Å². The van der Waals surface area contributed by atoms with Crippen molar-refractivity contribution in [2.24, 2.45) is 0 Å². The van der Waals surface area contributed by atoms with Gasteiger partial charge < -0.3 is 4.74 Å². The second-order valence-corrected chi connectivity index (χ2v) is 11.7. The summed E-state index contributed by atoms with van der Waals surface area (Å²) in [7, 11) is -1.72. The molecule has 0 amide bonds. The van der Waals surface area contributed by atoms with Crippen LogP contribution < -0.4 is 0 Å². The molecule has 4 heteroatoms. The fourth-order valence-electron chi connectivity index (χ4n) is 2.38. The minimum atomic E-state index is -1.72. The van der Waals surface area contributed by atoms with Crippen molar-refractivity contribution in [1.29, 1.82) is 0 Å². The lowest BCUT2D eigenvalue weighted by atomic mass is 10.00. The number of cyclic esters (lactones) is 1. The second kappa shape index (κ2) is 4.47. The van der Waals surface area contributed by atoms with Crippen molar-refractivity contribution in [3.63, 3.8) is 0 Å². The summed E-state index contributed by atoms with van der Waals surface area (Å²) < 4.78 is 6.18. The first-order valence-electron chi connectivity index (χ1n) is 6.54. The van der Waals surface area contributed by atoms with Crippen LogP contribution in [0, 0.1) is 0 Å². The summed E-state index contributed by atoms with van der Waals surface area (Å²) in [5, 5.41) is 1.96. The van der Waals surface area contributed by atoms with E-state index >= 15 is 0 Å². The highest BCUT2D eigenvalue weighted by molar-refractivity contribution is 6.92. The van der Waals surface area contributed by atoms with Gasteiger partial charge in [0.2, 0.25) is 0 Å². The molecule has 2 aromatic carbocycles. The highest BCUT2D eigenvalue weighted by Crippen LogP contribution is 2.39. The molecule has 2 aromatic rings. The molecule has 0 fully saturated rings. The topological polar surface area (TPSA) is 26.3 Å².